The van der Waals surface area contributed by atoms with Crippen LogP contribution in [-0.4, -0.2) is 28.1 Å². The molecule has 3 aromatic rings. The summed E-state index contributed by atoms with van der Waals surface area (Å²) in [5.41, 5.74) is 1.90. The van der Waals surface area contributed by atoms with Crippen LogP contribution in [0.5, 0.6) is 0 Å². The van der Waals surface area contributed by atoms with Crippen molar-refractivity contribution in [2.75, 3.05) is 5.32 Å². The zero-order chi connectivity index (χ0) is 22.8. The summed E-state index contributed by atoms with van der Waals surface area (Å²) in [5.74, 6) is -0.403. The molecule has 0 aliphatic heterocycles. The first-order valence-electron chi connectivity index (χ1n) is 10.8. The van der Waals surface area contributed by atoms with E-state index in [4.69, 9.17) is 0 Å². The van der Waals surface area contributed by atoms with Gasteiger partial charge in [0, 0.05) is 22.9 Å². The molecule has 0 bridgehead atoms. The van der Waals surface area contributed by atoms with Crippen LogP contribution in [0.25, 0.3) is 10.6 Å². The van der Waals surface area contributed by atoms with Crippen LogP contribution in [0.1, 0.15) is 44.6 Å². The fraction of sp³-hybridized carbons (Fsp3) is 0.333. The maximum absolute atomic E-state index is 13.0. The molecule has 0 aliphatic carbocycles. The number of hydrogen-bond acceptors (Lipinski definition) is 5. The number of nitrogens with zero attached hydrogens (tertiary/aromatic N) is 2. The molecule has 32 heavy (non-hydrogen) atoms. The number of halogens is 1. The quantitative estimate of drug-likeness (QED) is 0.326. The Morgan fingerprint density at radius 2 is 1.75 bits per heavy atom. The minimum absolute atomic E-state index is 0.106. The van der Waals surface area contributed by atoms with E-state index in [9.17, 15) is 9.59 Å². The number of unbranched alkanes of at least 4 members (excludes halogenated alkanes) is 3. The van der Waals surface area contributed by atoms with Gasteiger partial charge in [0.15, 0.2) is 0 Å². The first kappa shape index (κ1) is 24.1. The van der Waals surface area contributed by atoms with Crippen molar-refractivity contribution in [3.63, 3.8) is 0 Å². The Kier molecular flexibility index (Phi) is 9.37. The van der Waals surface area contributed by atoms with Crippen LogP contribution in [0.2, 0.25) is 0 Å². The van der Waals surface area contributed by atoms with Gasteiger partial charge in [-0.3, -0.25) is 14.9 Å². The molecular weight excluding hydrogens is 488 g/mol. The van der Waals surface area contributed by atoms with Crippen molar-refractivity contribution in [1.82, 2.24) is 15.5 Å². The molecular formula is C24H27BrN4O2S. The first-order chi connectivity index (χ1) is 15.5. The first-order valence-corrected chi connectivity index (χ1v) is 12.4. The van der Waals surface area contributed by atoms with E-state index >= 15 is 0 Å². The molecule has 8 heteroatoms. The minimum Gasteiger partial charge on any atom is -0.344 e. The van der Waals surface area contributed by atoms with E-state index in [1.54, 1.807) is 0 Å². The predicted molar refractivity (Wildman–Crippen MR) is 133 cm³/mol. The van der Waals surface area contributed by atoms with E-state index in [2.05, 4.69) is 43.7 Å². The smallest absolute Gasteiger partial charge is 0.249 e. The summed E-state index contributed by atoms with van der Waals surface area (Å²) in [6, 6.07) is 16.7. The maximum Gasteiger partial charge on any atom is 0.249 e. The van der Waals surface area contributed by atoms with Crippen LogP contribution in [0, 0.1) is 0 Å². The van der Waals surface area contributed by atoms with Crippen molar-refractivity contribution in [2.24, 2.45) is 0 Å². The fourth-order valence-corrected chi connectivity index (χ4v) is 4.23. The summed E-state index contributed by atoms with van der Waals surface area (Å²) in [6.07, 6.45) is 4.90. The molecule has 2 N–H and O–H groups in total. The molecule has 168 valence electrons. The maximum atomic E-state index is 13.0. The zero-order valence-electron chi connectivity index (χ0n) is 18.0. The summed E-state index contributed by atoms with van der Waals surface area (Å²) in [4.78, 5) is 25.5. The Morgan fingerprint density at radius 1 is 1.00 bits per heavy atom. The summed E-state index contributed by atoms with van der Waals surface area (Å²) >= 11 is 4.72. The lowest BCUT2D eigenvalue weighted by atomic mass is 10.0. The lowest BCUT2D eigenvalue weighted by molar-refractivity contribution is -0.126. The number of anilines is 1. The molecule has 0 saturated carbocycles. The molecule has 6 nitrogen and oxygen atoms in total. The third-order valence-corrected chi connectivity index (χ3v) is 6.35. The topological polar surface area (TPSA) is 84.0 Å². The highest BCUT2D eigenvalue weighted by atomic mass is 79.9. The number of nitrogens with one attached hydrogen (secondary N) is 2. The molecule has 0 spiro atoms. The van der Waals surface area contributed by atoms with Gasteiger partial charge in [-0.25, -0.2) is 0 Å². The monoisotopic (exact) mass is 514 g/mol. The molecule has 2 amide bonds. The summed E-state index contributed by atoms with van der Waals surface area (Å²) in [7, 11) is 0. The number of rotatable bonds is 11. The number of benzene rings is 2. The second-order valence-corrected chi connectivity index (χ2v) is 9.42. The van der Waals surface area contributed by atoms with Gasteiger partial charge in [-0.05, 0) is 24.1 Å². The zero-order valence-corrected chi connectivity index (χ0v) is 20.4. The van der Waals surface area contributed by atoms with E-state index in [1.165, 1.54) is 11.3 Å². The normalized spacial score (nSPS) is 11.7. The van der Waals surface area contributed by atoms with E-state index < -0.39 is 6.04 Å². The van der Waals surface area contributed by atoms with Gasteiger partial charge < -0.3 is 5.32 Å². The Bertz CT molecular complexity index is 1010. The van der Waals surface area contributed by atoms with Crippen molar-refractivity contribution < 1.29 is 9.59 Å². The van der Waals surface area contributed by atoms with Crippen LogP contribution in [0.4, 0.5) is 5.13 Å². The number of carbonyl (C=O) groups is 2. The molecule has 0 saturated heterocycles. The highest BCUT2D eigenvalue weighted by molar-refractivity contribution is 9.10. The van der Waals surface area contributed by atoms with E-state index in [-0.39, 0.29) is 11.8 Å². The molecule has 2 aromatic carbocycles. The van der Waals surface area contributed by atoms with Gasteiger partial charge >= 0.3 is 0 Å². The van der Waals surface area contributed by atoms with Gasteiger partial charge in [0.2, 0.25) is 16.9 Å². The van der Waals surface area contributed by atoms with Crippen molar-refractivity contribution in [3.8, 4) is 10.6 Å². The third kappa shape index (κ3) is 7.53. The Morgan fingerprint density at radius 3 is 2.47 bits per heavy atom. The van der Waals surface area contributed by atoms with Crippen molar-refractivity contribution in [2.45, 2.75) is 51.5 Å². The molecule has 1 heterocycles. The molecule has 1 atom stereocenters. The number of aromatic nitrogens is 2. The predicted octanol–water partition coefficient (Wildman–Crippen LogP) is 5.60. The van der Waals surface area contributed by atoms with E-state index in [0.717, 1.165) is 41.3 Å². The SMILES string of the molecule is CCCCCCC(=O)N[C@H](Cc1ccccc1)C(=O)Nc1nnc(-c2ccc(Br)cc2)s1. The van der Waals surface area contributed by atoms with Gasteiger partial charge in [-0.1, -0.05) is 95.9 Å². The summed E-state index contributed by atoms with van der Waals surface area (Å²) < 4.78 is 0.980. The van der Waals surface area contributed by atoms with Gasteiger partial charge in [-0.15, -0.1) is 10.2 Å². The molecule has 0 unspecified atom stereocenters. The Balaban J connectivity index is 1.66. The minimum atomic E-state index is -0.684. The molecule has 0 aliphatic rings. The summed E-state index contributed by atoms with van der Waals surface area (Å²) in [5, 5.41) is 15.1. The Hall–Kier alpha value is -2.58. The average molecular weight is 515 g/mol. The van der Waals surface area contributed by atoms with Crippen molar-refractivity contribution in [1.29, 1.82) is 0 Å². The van der Waals surface area contributed by atoms with Gasteiger partial charge in [0.05, 0.1) is 0 Å². The highest BCUT2D eigenvalue weighted by Gasteiger charge is 2.22. The average Bonchev–Trinajstić information content (AvgIpc) is 3.26. The lowest BCUT2D eigenvalue weighted by Crippen LogP contribution is -2.45. The van der Waals surface area contributed by atoms with Crippen LogP contribution in [0.3, 0.4) is 0 Å². The van der Waals surface area contributed by atoms with E-state index in [1.807, 2.05) is 54.6 Å². The molecule has 0 fully saturated rings. The van der Waals surface area contributed by atoms with Crippen LogP contribution >= 0.6 is 27.3 Å². The van der Waals surface area contributed by atoms with Crippen LogP contribution in [0.15, 0.2) is 59.1 Å². The van der Waals surface area contributed by atoms with Crippen LogP contribution in [-0.2, 0) is 16.0 Å². The lowest BCUT2D eigenvalue weighted by Gasteiger charge is -2.18. The standard InChI is InChI=1S/C24H27BrN4O2S/c1-2-3-4-8-11-21(30)26-20(16-17-9-6-5-7-10-17)22(31)27-24-29-28-23(32-24)18-12-14-19(25)15-13-18/h5-7,9-10,12-15,20H,2-4,8,11,16H2,1H3,(H,26,30)(H,27,29,31)/t20-/m1/s1. The number of carbonyl (C=O) groups excluding carboxylic acids is 2. The fourth-order valence-electron chi connectivity index (χ4n) is 3.21. The Labute approximate surface area is 201 Å². The molecule has 0 radical (unpaired) electrons. The highest BCUT2D eigenvalue weighted by Crippen LogP contribution is 2.27. The summed E-state index contributed by atoms with van der Waals surface area (Å²) in [6.45, 7) is 2.13. The second-order valence-electron chi connectivity index (χ2n) is 7.53. The third-order valence-electron chi connectivity index (χ3n) is 4.94. The second kappa shape index (κ2) is 12.5. The number of hydrogen-bond donors (Lipinski definition) is 2. The molecule has 3 rings (SSSR count). The van der Waals surface area contributed by atoms with Crippen LogP contribution < -0.4 is 10.6 Å². The van der Waals surface area contributed by atoms with Gasteiger partial charge in [-0.2, -0.15) is 0 Å². The van der Waals surface area contributed by atoms with E-state index in [0.29, 0.717) is 23.0 Å². The molecule has 1 aromatic heterocycles. The number of amides is 2. The largest absolute Gasteiger partial charge is 0.344 e. The van der Waals surface area contributed by atoms with Gasteiger partial charge in [0.25, 0.3) is 0 Å². The van der Waals surface area contributed by atoms with Gasteiger partial charge in [0.1, 0.15) is 11.0 Å². The van der Waals surface area contributed by atoms with Crippen molar-refractivity contribution in [3.05, 3.63) is 64.6 Å². The van der Waals surface area contributed by atoms with Crippen molar-refractivity contribution >= 4 is 44.2 Å².